The van der Waals surface area contributed by atoms with Gasteiger partial charge in [0.25, 0.3) is 5.91 Å². The number of carbonyl (C=O) groups excluding carboxylic acids is 2. The van der Waals surface area contributed by atoms with Crippen molar-refractivity contribution in [3.8, 4) is 0 Å². The fourth-order valence-electron chi connectivity index (χ4n) is 3.98. The molecule has 9 heteroatoms. The fraction of sp³-hybridized carbons (Fsp3) is 0.333. The van der Waals surface area contributed by atoms with Crippen molar-refractivity contribution in [3.05, 3.63) is 40.9 Å². The molecule has 1 aromatic heterocycles. The van der Waals surface area contributed by atoms with Crippen LogP contribution in [-0.4, -0.2) is 60.7 Å². The summed E-state index contributed by atoms with van der Waals surface area (Å²) in [7, 11) is 1.95. The van der Waals surface area contributed by atoms with Crippen molar-refractivity contribution in [2.45, 2.75) is 25.3 Å². The monoisotopic (exact) mass is 443 g/mol. The van der Waals surface area contributed by atoms with Crippen molar-refractivity contribution < 1.29 is 19.5 Å². The number of carbonyl (C=O) groups is 3. The average Bonchev–Trinajstić information content (AvgIpc) is 3.19. The number of hydrogen-bond acceptors (Lipinski definition) is 5. The molecule has 4 rings (SSSR count). The minimum absolute atomic E-state index is 0.235. The molecule has 1 N–H and O–H groups in total. The first-order valence-corrected chi connectivity index (χ1v) is 10.9. The third-order valence-corrected chi connectivity index (χ3v) is 6.87. The van der Waals surface area contributed by atoms with Gasteiger partial charge < -0.3 is 14.6 Å². The number of aliphatic carboxylic acids is 1. The van der Waals surface area contributed by atoms with Gasteiger partial charge in [0.2, 0.25) is 5.91 Å². The highest BCUT2D eigenvalue weighted by Gasteiger charge is 2.37. The normalized spacial score (nSPS) is 21.1. The summed E-state index contributed by atoms with van der Waals surface area (Å²) in [6.45, 7) is 0.151. The molecule has 2 aliphatic heterocycles. The highest BCUT2D eigenvalue weighted by molar-refractivity contribution is 8.26. The Morgan fingerprint density at radius 1 is 1.30 bits per heavy atom. The average molecular weight is 444 g/mol. The lowest BCUT2D eigenvalue weighted by molar-refractivity contribution is -0.152. The summed E-state index contributed by atoms with van der Waals surface area (Å²) in [5.74, 6) is -1.72. The molecule has 156 valence electrons. The van der Waals surface area contributed by atoms with Crippen molar-refractivity contribution >= 4 is 63.1 Å². The summed E-state index contributed by atoms with van der Waals surface area (Å²) in [6, 6.07) is 7.07. The molecule has 1 atom stereocenters. The van der Waals surface area contributed by atoms with Crippen LogP contribution in [-0.2, 0) is 21.4 Å². The van der Waals surface area contributed by atoms with Crippen LogP contribution in [0.15, 0.2) is 35.4 Å². The zero-order valence-corrected chi connectivity index (χ0v) is 18.0. The van der Waals surface area contributed by atoms with E-state index in [4.69, 9.17) is 12.2 Å². The van der Waals surface area contributed by atoms with E-state index < -0.39 is 12.0 Å². The number of aryl methyl sites for hydroxylation is 1. The predicted molar refractivity (Wildman–Crippen MR) is 120 cm³/mol. The molecule has 3 heterocycles. The third-order valence-electron chi connectivity index (χ3n) is 5.49. The van der Waals surface area contributed by atoms with E-state index in [2.05, 4.69) is 0 Å². The largest absolute Gasteiger partial charge is 0.480 e. The smallest absolute Gasteiger partial charge is 0.326 e. The van der Waals surface area contributed by atoms with Crippen LogP contribution in [0.5, 0.6) is 0 Å². The number of rotatable bonds is 4. The van der Waals surface area contributed by atoms with Crippen LogP contribution < -0.4 is 0 Å². The van der Waals surface area contributed by atoms with Gasteiger partial charge in [0, 0.05) is 36.3 Å². The highest BCUT2D eigenvalue weighted by atomic mass is 32.2. The molecule has 2 aromatic rings. The van der Waals surface area contributed by atoms with Gasteiger partial charge in [-0.15, -0.1) is 0 Å². The standard InChI is InChI=1S/C21H21N3O4S2/c1-22-11-13(14-6-2-3-7-15(14)22)10-17-19(26)24(21(29)30-17)12-18(25)23-9-5-4-8-16(23)20(27)28/h2-3,6-7,10-11,16H,4-5,8-9,12H2,1H3,(H,27,28). The maximum absolute atomic E-state index is 13.0. The zero-order valence-electron chi connectivity index (χ0n) is 16.4. The van der Waals surface area contributed by atoms with Gasteiger partial charge in [0.05, 0.1) is 4.91 Å². The molecule has 2 aliphatic rings. The molecule has 1 unspecified atom stereocenters. The number of amides is 2. The van der Waals surface area contributed by atoms with Crippen LogP contribution in [0.1, 0.15) is 24.8 Å². The SMILES string of the molecule is Cn1cc(C=C2SC(=S)N(CC(=O)N3CCCCC3C(=O)O)C2=O)c2ccccc21. The maximum atomic E-state index is 13.0. The highest BCUT2D eigenvalue weighted by Crippen LogP contribution is 2.34. The predicted octanol–water partition coefficient (Wildman–Crippen LogP) is 2.85. The van der Waals surface area contributed by atoms with E-state index in [-0.39, 0.29) is 18.4 Å². The molecular formula is C21H21N3O4S2. The van der Waals surface area contributed by atoms with Crippen molar-refractivity contribution in [2.75, 3.05) is 13.1 Å². The summed E-state index contributed by atoms with van der Waals surface area (Å²) >= 11 is 6.51. The Balaban J connectivity index is 1.55. The number of likely N-dealkylation sites (tertiary alicyclic amines) is 1. The van der Waals surface area contributed by atoms with Gasteiger partial charge in [-0.1, -0.05) is 42.2 Å². The second-order valence-corrected chi connectivity index (χ2v) is 9.09. The van der Waals surface area contributed by atoms with E-state index in [9.17, 15) is 19.5 Å². The van der Waals surface area contributed by atoms with Crippen LogP contribution in [0.25, 0.3) is 17.0 Å². The van der Waals surface area contributed by atoms with E-state index in [0.29, 0.717) is 22.2 Å². The molecule has 0 bridgehead atoms. The minimum Gasteiger partial charge on any atom is -0.480 e. The second-order valence-electron chi connectivity index (χ2n) is 7.42. The number of fused-ring (bicyclic) bond motifs is 1. The van der Waals surface area contributed by atoms with Gasteiger partial charge >= 0.3 is 5.97 Å². The Hall–Kier alpha value is -2.65. The Labute approximate surface area is 183 Å². The van der Waals surface area contributed by atoms with Crippen LogP contribution in [0.2, 0.25) is 0 Å². The zero-order chi connectivity index (χ0) is 21.4. The minimum atomic E-state index is -1.01. The molecule has 2 saturated heterocycles. The lowest BCUT2D eigenvalue weighted by Crippen LogP contribution is -2.51. The Morgan fingerprint density at radius 3 is 2.83 bits per heavy atom. The number of thiocarbonyl (C=S) groups is 1. The second kappa shape index (κ2) is 8.23. The summed E-state index contributed by atoms with van der Waals surface area (Å²) in [5.41, 5.74) is 1.96. The molecule has 2 fully saturated rings. The lowest BCUT2D eigenvalue weighted by Gasteiger charge is -2.33. The Kier molecular flexibility index (Phi) is 5.66. The van der Waals surface area contributed by atoms with E-state index >= 15 is 0 Å². The summed E-state index contributed by atoms with van der Waals surface area (Å²) in [6.07, 6.45) is 5.71. The molecule has 0 spiro atoms. The molecule has 0 saturated carbocycles. The number of piperidine rings is 1. The molecule has 30 heavy (non-hydrogen) atoms. The van der Waals surface area contributed by atoms with Crippen molar-refractivity contribution in [1.82, 2.24) is 14.4 Å². The van der Waals surface area contributed by atoms with Crippen molar-refractivity contribution in [1.29, 1.82) is 0 Å². The topological polar surface area (TPSA) is 82.8 Å². The van der Waals surface area contributed by atoms with Crippen LogP contribution in [0.4, 0.5) is 0 Å². The molecular weight excluding hydrogens is 422 g/mol. The van der Waals surface area contributed by atoms with Gasteiger partial charge in [-0.3, -0.25) is 14.5 Å². The fourth-order valence-corrected chi connectivity index (χ4v) is 5.22. The van der Waals surface area contributed by atoms with E-state index in [1.54, 1.807) is 6.08 Å². The van der Waals surface area contributed by atoms with Gasteiger partial charge in [-0.05, 0) is 31.4 Å². The maximum Gasteiger partial charge on any atom is 0.326 e. The number of carboxylic acids is 1. The molecule has 1 aromatic carbocycles. The molecule has 2 amide bonds. The number of nitrogens with zero attached hydrogens (tertiary/aromatic N) is 3. The van der Waals surface area contributed by atoms with E-state index in [1.165, 1.54) is 9.80 Å². The first-order valence-electron chi connectivity index (χ1n) is 9.68. The Bertz CT molecular complexity index is 1090. The van der Waals surface area contributed by atoms with Crippen molar-refractivity contribution in [2.24, 2.45) is 7.05 Å². The van der Waals surface area contributed by atoms with E-state index in [0.717, 1.165) is 41.1 Å². The number of benzene rings is 1. The lowest BCUT2D eigenvalue weighted by atomic mass is 10.0. The van der Waals surface area contributed by atoms with Crippen LogP contribution >= 0.6 is 24.0 Å². The molecule has 7 nitrogen and oxygen atoms in total. The van der Waals surface area contributed by atoms with Gasteiger partial charge in [-0.2, -0.15) is 0 Å². The first kappa shape index (κ1) is 20.6. The van der Waals surface area contributed by atoms with Crippen LogP contribution in [0, 0.1) is 0 Å². The number of carboxylic acid groups (broad SMARTS) is 1. The summed E-state index contributed by atoms with van der Waals surface area (Å²) in [5, 5.41) is 10.4. The molecule has 0 aliphatic carbocycles. The molecule has 0 radical (unpaired) electrons. The van der Waals surface area contributed by atoms with E-state index in [1.807, 2.05) is 42.1 Å². The summed E-state index contributed by atoms with van der Waals surface area (Å²) in [4.78, 5) is 40.3. The quantitative estimate of drug-likeness (QED) is 0.578. The van der Waals surface area contributed by atoms with Gasteiger partial charge in [0.1, 0.15) is 16.9 Å². The number of aromatic nitrogens is 1. The van der Waals surface area contributed by atoms with Crippen LogP contribution in [0.3, 0.4) is 0 Å². The van der Waals surface area contributed by atoms with Gasteiger partial charge in [0.15, 0.2) is 0 Å². The number of thioether (sulfide) groups is 1. The third kappa shape index (κ3) is 3.75. The first-order chi connectivity index (χ1) is 14.4. The van der Waals surface area contributed by atoms with Gasteiger partial charge in [-0.25, -0.2) is 4.79 Å². The number of para-hydroxylation sites is 1. The number of hydrogen-bond donors (Lipinski definition) is 1. The summed E-state index contributed by atoms with van der Waals surface area (Å²) < 4.78 is 2.30. The Morgan fingerprint density at radius 2 is 2.07 bits per heavy atom. The van der Waals surface area contributed by atoms with Crippen molar-refractivity contribution in [3.63, 3.8) is 0 Å².